The second kappa shape index (κ2) is 11.0. The molecule has 1 N–H and O–H groups in total. The van der Waals surface area contributed by atoms with E-state index in [1.54, 1.807) is 0 Å². The molecule has 1 saturated heterocycles. The molecule has 0 aromatic heterocycles. The second-order valence-electron chi connectivity index (χ2n) is 7.66. The van der Waals surface area contributed by atoms with E-state index >= 15 is 0 Å². The van der Waals surface area contributed by atoms with Crippen molar-refractivity contribution >= 4 is 5.91 Å². The summed E-state index contributed by atoms with van der Waals surface area (Å²) in [6.07, 6.45) is 0.716. The highest BCUT2D eigenvalue weighted by atomic mass is 19.1. The zero-order valence-electron chi connectivity index (χ0n) is 17.3. The van der Waals surface area contributed by atoms with Crippen LogP contribution in [-0.2, 0) is 4.79 Å². The molecule has 1 unspecified atom stereocenters. The van der Waals surface area contributed by atoms with Gasteiger partial charge in [0.05, 0.1) is 12.6 Å². The number of likely N-dealkylation sites (N-methyl/N-ethyl adjacent to an activating group) is 1. The molecule has 1 fully saturated rings. The molecular formula is C23H29F2N3O2. The second-order valence-corrected chi connectivity index (χ2v) is 7.66. The van der Waals surface area contributed by atoms with Crippen LogP contribution < -0.4 is 10.1 Å². The Kier molecular flexibility index (Phi) is 8.16. The largest absolute Gasteiger partial charge is 0.491 e. The summed E-state index contributed by atoms with van der Waals surface area (Å²) in [7, 11) is 2.12. The van der Waals surface area contributed by atoms with Gasteiger partial charge in [0.15, 0.2) is 11.6 Å². The summed E-state index contributed by atoms with van der Waals surface area (Å²) in [6, 6.07) is 13.1. The van der Waals surface area contributed by atoms with Gasteiger partial charge in [0.25, 0.3) is 0 Å². The van der Waals surface area contributed by atoms with Gasteiger partial charge in [-0.1, -0.05) is 30.3 Å². The van der Waals surface area contributed by atoms with Gasteiger partial charge in [-0.25, -0.2) is 8.78 Å². The van der Waals surface area contributed by atoms with Crippen LogP contribution in [0.5, 0.6) is 5.75 Å². The number of halogens is 2. The van der Waals surface area contributed by atoms with E-state index in [0.717, 1.165) is 50.4 Å². The average Bonchev–Trinajstić information content (AvgIpc) is 2.74. The first-order valence-corrected chi connectivity index (χ1v) is 10.3. The van der Waals surface area contributed by atoms with E-state index in [1.807, 2.05) is 30.3 Å². The summed E-state index contributed by atoms with van der Waals surface area (Å²) in [4.78, 5) is 17.2. The van der Waals surface area contributed by atoms with Crippen LogP contribution in [-0.4, -0.2) is 62.1 Å². The van der Waals surface area contributed by atoms with E-state index in [9.17, 15) is 13.6 Å². The highest BCUT2D eigenvalue weighted by Crippen LogP contribution is 2.18. The number of amides is 1. The Balaban J connectivity index is 1.49. The van der Waals surface area contributed by atoms with Crippen LogP contribution in [0.1, 0.15) is 24.4 Å². The molecule has 0 radical (unpaired) electrons. The van der Waals surface area contributed by atoms with Crippen molar-refractivity contribution in [2.45, 2.75) is 18.9 Å². The zero-order chi connectivity index (χ0) is 21.3. The van der Waals surface area contributed by atoms with Gasteiger partial charge in [-0.15, -0.1) is 0 Å². The van der Waals surface area contributed by atoms with Crippen molar-refractivity contribution in [1.29, 1.82) is 0 Å². The summed E-state index contributed by atoms with van der Waals surface area (Å²) in [5.41, 5.74) is 1.08. The Bertz CT molecular complexity index is 811. The number of hydrogen-bond acceptors (Lipinski definition) is 4. The number of nitrogens with one attached hydrogen (secondary N) is 1. The van der Waals surface area contributed by atoms with Gasteiger partial charge in [-0.05, 0) is 31.2 Å². The van der Waals surface area contributed by atoms with Crippen LogP contribution in [0.25, 0.3) is 0 Å². The summed E-state index contributed by atoms with van der Waals surface area (Å²) in [6.45, 7) is 4.95. The van der Waals surface area contributed by atoms with Crippen LogP contribution in [0.15, 0.2) is 48.5 Å². The van der Waals surface area contributed by atoms with E-state index in [-0.39, 0.29) is 30.7 Å². The first-order valence-electron chi connectivity index (χ1n) is 10.3. The van der Waals surface area contributed by atoms with Crippen LogP contribution in [0.4, 0.5) is 8.78 Å². The van der Waals surface area contributed by atoms with Gasteiger partial charge in [-0.3, -0.25) is 9.69 Å². The molecule has 1 heterocycles. The molecule has 7 heteroatoms. The van der Waals surface area contributed by atoms with Crippen molar-refractivity contribution in [3.8, 4) is 5.75 Å². The Morgan fingerprint density at radius 3 is 2.53 bits per heavy atom. The molecule has 30 heavy (non-hydrogen) atoms. The quantitative estimate of drug-likeness (QED) is 0.637. The lowest BCUT2D eigenvalue weighted by molar-refractivity contribution is -0.122. The highest BCUT2D eigenvalue weighted by molar-refractivity contribution is 5.76. The van der Waals surface area contributed by atoms with Gasteiger partial charge in [0, 0.05) is 45.2 Å². The van der Waals surface area contributed by atoms with E-state index in [4.69, 9.17) is 4.74 Å². The minimum atomic E-state index is -0.740. The molecule has 0 saturated carbocycles. The minimum Gasteiger partial charge on any atom is -0.491 e. The lowest BCUT2D eigenvalue weighted by atomic mass is 10.1. The van der Waals surface area contributed by atoms with Crippen LogP contribution >= 0.6 is 0 Å². The zero-order valence-corrected chi connectivity index (χ0v) is 17.3. The third kappa shape index (κ3) is 6.78. The fourth-order valence-corrected chi connectivity index (χ4v) is 3.48. The van der Waals surface area contributed by atoms with Gasteiger partial charge in [0.2, 0.25) is 5.91 Å². The third-order valence-corrected chi connectivity index (χ3v) is 5.27. The molecule has 0 aliphatic carbocycles. The van der Waals surface area contributed by atoms with Crippen molar-refractivity contribution in [3.05, 3.63) is 65.7 Å². The molecule has 3 rings (SSSR count). The molecule has 2 aromatic rings. The monoisotopic (exact) mass is 417 g/mol. The number of piperazine rings is 1. The van der Waals surface area contributed by atoms with E-state index in [0.29, 0.717) is 6.42 Å². The summed E-state index contributed by atoms with van der Waals surface area (Å²) >= 11 is 0. The Morgan fingerprint density at radius 2 is 1.83 bits per heavy atom. The van der Waals surface area contributed by atoms with E-state index in [1.165, 1.54) is 6.07 Å². The maximum Gasteiger partial charge on any atom is 0.220 e. The number of carbonyl (C=O) groups is 1. The fraction of sp³-hybridized carbons (Fsp3) is 0.435. The van der Waals surface area contributed by atoms with E-state index < -0.39 is 11.6 Å². The molecule has 1 aliphatic heterocycles. The first kappa shape index (κ1) is 22.2. The average molecular weight is 418 g/mol. The fourth-order valence-electron chi connectivity index (χ4n) is 3.48. The Morgan fingerprint density at radius 1 is 1.10 bits per heavy atom. The number of nitrogens with zero attached hydrogens (tertiary/aromatic N) is 2. The van der Waals surface area contributed by atoms with Crippen molar-refractivity contribution in [3.63, 3.8) is 0 Å². The third-order valence-electron chi connectivity index (χ3n) is 5.27. The molecule has 1 amide bonds. The number of carbonyl (C=O) groups excluding carboxylic acids is 1. The smallest absolute Gasteiger partial charge is 0.220 e. The lowest BCUT2D eigenvalue weighted by Gasteiger charge is -2.35. The number of ether oxygens (including phenoxy) is 1. The van der Waals surface area contributed by atoms with Crippen molar-refractivity contribution in [2.75, 3.05) is 46.4 Å². The summed E-state index contributed by atoms with van der Waals surface area (Å²) < 4.78 is 31.9. The standard InChI is InChI=1S/C23H29F2N3O2/c1-27-11-13-28(14-12-27)17-21(18-6-3-2-4-7-18)26-23(29)8-5-15-30-22-10-9-19(24)16-20(22)25/h2-4,6-7,9-10,16,21H,5,8,11-15,17H2,1H3,(H,26,29). The Hall–Kier alpha value is -2.51. The summed E-state index contributed by atoms with van der Waals surface area (Å²) in [5, 5.41) is 3.14. The molecule has 162 valence electrons. The topological polar surface area (TPSA) is 44.8 Å². The predicted octanol–water partition coefficient (Wildman–Crippen LogP) is 3.23. The maximum absolute atomic E-state index is 13.6. The normalized spacial score (nSPS) is 16.2. The molecule has 0 spiro atoms. The number of rotatable bonds is 9. The predicted molar refractivity (Wildman–Crippen MR) is 112 cm³/mol. The first-order chi connectivity index (χ1) is 14.5. The van der Waals surface area contributed by atoms with Crippen molar-refractivity contribution in [2.24, 2.45) is 0 Å². The maximum atomic E-state index is 13.6. The number of benzene rings is 2. The highest BCUT2D eigenvalue weighted by Gasteiger charge is 2.21. The molecule has 0 bridgehead atoms. The minimum absolute atomic E-state index is 0.00552. The molecule has 1 aliphatic rings. The Labute approximate surface area is 176 Å². The van der Waals surface area contributed by atoms with Crippen LogP contribution in [0.2, 0.25) is 0 Å². The van der Waals surface area contributed by atoms with Crippen LogP contribution in [0, 0.1) is 11.6 Å². The summed E-state index contributed by atoms with van der Waals surface area (Å²) in [5.74, 6) is -1.46. The molecule has 5 nitrogen and oxygen atoms in total. The lowest BCUT2D eigenvalue weighted by Crippen LogP contribution is -2.47. The van der Waals surface area contributed by atoms with E-state index in [2.05, 4.69) is 22.2 Å². The molecule has 1 atom stereocenters. The van der Waals surface area contributed by atoms with Crippen LogP contribution in [0.3, 0.4) is 0 Å². The van der Waals surface area contributed by atoms with Crippen molar-refractivity contribution < 1.29 is 18.3 Å². The van der Waals surface area contributed by atoms with Gasteiger partial charge < -0.3 is 15.0 Å². The van der Waals surface area contributed by atoms with Gasteiger partial charge in [0.1, 0.15) is 5.82 Å². The van der Waals surface area contributed by atoms with Gasteiger partial charge >= 0.3 is 0 Å². The molecule has 2 aromatic carbocycles. The van der Waals surface area contributed by atoms with Gasteiger partial charge in [-0.2, -0.15) is 0 Å². The van der Waals surface area contributed by atoms with Crippen molar-refractivity contribution in [1.82, 2.24) is 15.1 Å². The SMILES string of the molecule is CN1CCN(CC(NC(=O)CCCOc2ccc(F)cc2F)c2ccccc2)CC1. The molecular weight excluding hydrogens is 388 g/mol. The number of hydrogen-bond donors (Lipinski definition) is 1.